The number of rotatable bonds is 8. The average Bonchev–Trinajstić information content (AvgIpc) is 3.93. The van der Waals surface area contributed by atoms with Crippen molar-refractivity contribution in [1.29, 1.82) is 0 Å². The van der Waals surface area contributed by atoms with Crippen molar-refractivity contribution in [2.75, 3.05) is 10.6 Å². The number of amides is 2. The number of nitrogens with one attached hydrogen (secondary N) is 3. The number of anilines is 2. The van der Waals surface area contributed by atoms with Gasteiger partial charge >= 0.3 is 12.4 Å². The zero-order valence-electron chi connectivity index (χ0n) is 28.7. The van der Waals surface area contributed by atoms with E-state index in [0.717, 1.165) is 42.5 Å². The largest absolute Gasteiger partial charge is 0.435 e. The van der Waals surface area contributed by atoms with E-state index in [1.54, 1.807) is 49.0 Å². The van der Waals surface area contributed by atoms with Gasteiger partial charge in [0, 0.05) is 54.0 Å². The molecule has 2 saturated carbocycles. The number of halogens is 6. The SMILES string of the molecule is Cc1[nH]cnc1C(=O)Nc1ccc(-n2nc(C3CC3)cc2C(F)(F)F)cc1.Cn1ccnc1C(=O)Nc1ccc(-n2nc(C(F)(F)F)cc2C2CC2)cc1. The van der Waals surface area contributed by atoms with Gasteiger partial charge < -0.3 is 20.2 Å². The molecule has 0 atom stereocenters. The molecule has 2 aliphatic rings. The number of benzene rings is 2. The summed E-state index contributed by atoms with van der Waals surface area (Å²) in [6.07, 6.45) is -0.920. The van der Waals surface area contributed by atoms with Gasteiger partial charge in [0.2, 0.25) is 0 Å². The minimum atomic E-state index is -4.50. The van der Waals surface area contributed by atoms with Crippen LogP contribution < -0.4 is 10.6 Å². The van der Waals surface area contributed by atoms with Crippen LogP contribution >= 0.6 is 0 Å². The van der Waals surface area contributed by atoms with Gasteiger partial charge in [0.05, 0.1) is 23.4 Å². The van der Waals surface area contributed by atoms with Crippen LogP contribution in [0.15, 0.2) is 79.4 Å². The second-order valence-electron chi connectivity index (χ2n) is 13.0. The highest BCUT2D eigenvalue weighted by Gasteiger charge is 2.39. The molecule has 0 spiro atoms. The second-order valence-corrected chi connectivity index (χ2v) is 13.0. The normalized spacial score (nSPS) is 14.4. The molecular formula is C36H32F6N10O2. The van der Waals surface area contributed by atoms with Gasteiger partial charge in [-0.15, -0.1) is 0 Å². The first-order valence-electron chi connectivity index (χ1n) is 16.8. The predicted molar refractivity (Wildman–Crippen MR) is 184 cm³/mol. The van der Waals surface area contributed by atoms with Gasteiger partial charge in [0.25, 0.3) is 11.8 Å². The zero-order valence-corrected chi connectivity index (χ0v) is 28.7. The monoisotopic (exact) mass is 750 g/mol. The fraction of sp³-hybridized carbons (Fsp3) is 0.278. The van der Waals surface area contributed by atoms with Crippen LogP contribution in [0, 0.1) is 6.92 Å². The highest BCUT2D eigenvalue weighted by molar-refractivity contribution is 6.03. The maximum Gasteiger partial charge on any atom is 0.435 e. The van der Waals surface area contributed by atoms with E-state index in [4.69, 9.17) is 0 Å². The van der Waals surface area contributed by atoms with Crippen LogP contribution in [0.4, 0.5) is 37.7 Å². The summed E-state index contributed by atoms with van der Waals surface area (Å²) in [6, 6.07) is 14.8. The molecule has 2 amide bonds. The fourth-order valence-electron chi connectivity index (χ4n) is 5.71. The third-order valence-corrected chi connectivity index (χ3v) is 8.85. The van der Waals surface area contributed by atoms with E-state index >= 15 is 0 Å². The van der Waals surface area contributed by atoms with Crippen molar-refractivity contribution in [2.45, 2.75) is 56.8 Å². The number of carbonyl (C=O) groups is 2. The first-order valence-corrected chi connectivity index (χ1v) is 16.8. The second kappa shape index (κ2) is 14.0. The molecule has 4 heterocycles. The Bertz CT molecular complexity index is 2290. The quantitative estimate of drug-likeness (QED) is 0.136. The van der Waals surface area contributed by atoms with Gasteiger partial charge in [-0.2, -0.15) is 36.5 Å². The van der Waals surface area contributed by atoms with Crippen molar-refractivity contribution < 1.29 is 35.9 Å². The Morgan fingerprint density at radius 2 is 1.35 bits per heavy atom. The van der Waals surface area contributed by atoms with Gasteiger partial charge in [0.1, 0.15) is 11.4 Å². The minimum Gasteiger partial charge on any atom is -0.348 e. The standard InChI is InChI=1S/2C18H16F3N5O/c1-10-16(23-9-22-10)17(27)24-12-4-6-13(7-5-12)26-15(18(19,20)21)8-14(25-26)11-2-3-11;1-25-9-8-22-16(25)17(27)23-12-4-6-13(7-5-12)26-14(11-2-3-11)10-15(24-26)18(19,20)21/h4-9,11H,2-3H2,1H3,(H,22,23)(H,24,27);4-11H,2-3H2,1H3,(H,23,27). The van der Waals surface area contributed by atoms with Crippen molar-refractivity contribution in [3.8, 4) is 11.4 Å². The molecule has 54 heavy (non-hydrogen) atoms. The molecule has 0 aliphatic heterocycles. The smallest absolute Gasteiger partial charge is 0.348 e. The topological polar surface area (TPSA) is 140 Å². The molecule has 0 radical (unpaired) electrons. The first-order chi connectivity index (χ1) is 25.7. The van der Waals surface area contributed by atoms with Crippen LogP contribution in [0.3, 0.4) is 0 Å². The van der Waals surface area contributed by atoms with E-state index in [-0.39, 0.29) is 34.9 Å². The number of imidazole rings is 2. The van der Waals surface area contributed by atoms with Crippen LogP contribution in [0.5, 0.6) is 0 Å². The third-order valence-electron chi connectivity index (χ3n) is 8.85. The number of H-pyrrole nitrogens is 1. The minimum absolute atomic E-state index is 0.108. The Kier molecular flexibility index (Phi) is 9.36. The molecule has 2 fully saturated rings. The van der Waals surface area contributed by atoms with Gasteiger partial charge in [0.15, 0.2) is 11.5 Å². The number of hydrogen-bond acceptors (Lipinski definition) is 6. The molecule has 2 aromatic carbocycles. The summed E-state index contributed by atoms with van der Waals surface area (Å²) in [5.41, 5.74) is 2.00. The lowest BCUT2D eigenvalue weighted by Gasteiger charge is -2.11. The van der Waals surface area contributed by atoms with Crippen molar-refractivity contribution in [1.82, 2.24) is 39.1 Å². The van der Waals surface area contributed by atoms with E-state index in [9.17, 15) is 35.9 Å². The van der Waals surface area contributed by atoms with Gasteiger partial charge in [-0.05, 0) is 93.3 Å². The molecule has 280 valence electrons. The molecule has 0 bridgehead atoms. The number of aromatic amines is 1. The molecule has 8 rings (SSSR count). The summed E-state index contributed by atoms with van der Waals surface area (Å²) >= 11 is 0. The maximum atomic E-state index is 13.3. The number of aromatic nitrogens is 8. The van der Waals surface area contributed by atoms with Crippen LogP contribution in [0.25, 0.3) is 11.4 Å². The summed E-state index contributed by atoms with van der Waals surface area (Å²) in [4.78, 5) is 35.1. The average molecular weight is 751 g/mol. The maximum absolute atomic E-state index is 13.3. The molecule has 0 unspecified atom stereocenters. The van der Waals surface area contributed by atoms with Crippen LogP contribution in [-0.2, 0) is 19.4 Å². The van der Waals surface area contributed by atoms with E-state index in [2.05, 4.69) is 35.8 Å². The molecule has 12 nitrogen and oxygen atoms in total. The van der Waals surface area contributed by atoms with Crippen LogP contribution in [0.2, 0.25) is 0 Å². The van der Waals surface area contributed by atoms with E-state index in [0.29, 0.717) is 34.1 Å². The molecule has 6 aromatic rings. The summed E-state index contributed by atoms with van der Waals surface area (Å²) < 4.78 is 83.0. The van der Waals surface area contributed by atoms with Gasteiger partial charge in [-0.25, -0.2) is 19.3 Å². The Morgan fingerprint density at radius 3 is 1.85 bits per heavy atom. The highest BCUT2D eigenvalue weighted by Crippen LogP contribution is 2.44. The molecule has 2 aliphatic carbocycles. The fourth-order valence-corrected chi connectivity index (χ4v) is 5.71. The zero-order chi connectivity index (χ0) is 38.4. The number of carbonyl (C=O) groups excluding carboxylic acids is 2. The number of aryl methyl sites for hydroxylation is 2. The summed E-state index contributed by atoms with van der Waals surface area (Å²) in [5, 5.41) is 13.3. The summed E-state index contributed by atoms with van der Waals surface area (Å²) in [7, 11) is 1.71. The lowest BCUT2D eigenvalue weighted by Crippen LogP contribution is -2.16. The summed E-state index contributed by atoms with van der Waals surface area (Å²) in [5.74, 6) is -0.281. The highest BCUT2D eigenvalue weighted by atomic mass is 19.4. The molecule has 0 saturated heterocycles. The van der Waals surface area contributed by atoms with E-state index in [1.165, 1.54) is 41.5 Å². The van der Waals surface area contributed by atoms with Crippen molar-refractivity contribution >= 4 is 23.2 Å². The Labute approximate surface area is 303 Å². The number of nitrogens with zero attached hydrogens (tertiary/aromatic N) is 7. The van der Waals surface area contributed by atoms with Crippen molar-refractivity contribution in [2.24, 2.45) is 7.05 Å². The Morgan fingerprint density at radius 1 is 0.759 bits per heavy atom. The molecule has 3 N–H and O–H groups in total. The van der Waals surface area contributed by atoms with Gasteiger partial charge in [-0.1, -0.05) is 0 Å². The predicted octanol–water partition coefficient (Wildman–Crippen LogP) is 7.81. The number of alkyl halides is 6. The number of hydrogen-bond donors (Lipinski definition) is 3. The Balaban J connectivity index is 0.000000167. The third kappa shape index (κ3) is 7.91. The van der Waals surface area contributed by atoms with Crippen molar-refractivity contribution in [3.63, 3.8) is 0 Å². The molecule has 4 aromatic heterocycles. The summed E-state index contributed by atoms with van der Waals surface area (Å²) in [6.45, 7) is 1.72. The molecular weight excluding hydrogens is 718 g/mol. The van der Waals surface area contributed by atoms with Crippen LogP contribution in [-0.4, -0.2) is 50.9 Å². The van der Waals surface area contributed by atoms with E-state index < -0.39 is 29.6 Å². The van der Waals surface area contributed by atoms with Crippen molar-refractivity contribution in [3.05, 3.63) is 119 Å². The Hall–Kier alpha value is -6.20. The first kappa shape index (κ1) is 36.2. The van der Waals surface area contributed by atoms with Gasteiger partial charge in [-0.3, -0.25) is 9.59 Å². The van der Waals surface area contributed by atoms with E-state index in [1.807, 2.05) is 0 Å². The lowest BCUT2D eigenvalue weighted by molar-refractivity contribution is -0.143. The molecule has 18 heteroatoms. The van der Waals surface area contributed by atoms with Crippen LogP contribution in [0.1, 0.15) is 87.1 Å². The lowest BCUT2D eigenvalue weighted by atomic mass is 10.2.